The first-order valence-electron chi connectivity index (χ1n) is 6.56. The second-order valence-electron chi connectivity index (χ2n) is 5.10. The quantitative estimate of drug-likeness (QED) is 0.903. The third-order valence-electron chi connectivity index (χ3n) is 3.25. The maximum atomic E-state index is 12.6. The molecule has 0 atom stereocenters. The van der Waals surface area contributed by atoms with Crippen LogP contribution in [0.25, 0.3) is 0 Å². The molecule has 0 heterocycles. The number of hydrogen-bond donors (Lipinski definition) is 1. The van der Waals surface area contributed by atoms with Crippen molar-refractivity contribution in [3.8, 4) is 0 Å². The van der Waals surface area contributed by atoms with Crippen molar-refractivity contribution in [3.63, 3.8) is 0 Å². The fraction of sp³-hybridized carbons (Fsp3) is 0.235. The molecule has 0 aromatic heterocycles. The van der Waals surface area contributed by atoms with E-state index < -0.39 is 5.60 Å². The van der Waals surface area contributed by atoms with Crippen molar-refractivity contribution >= 4 is 5.78 Å². The minimum Gasteiger partial charge on any atom is -0.373 e. The Labute approximate surface area is 119 Å². The van der Waals surface area contributed by atoms with E-state index in [9.17, 15) is 9.90 Å². The van der Waals surface area contributed by atoms with Crippen molar-refractivity contribution in [1.82, 2.24) is 4.90 Å². The maximum Gasteiger partial charge on any atom is 0.187 e. The van der Waals surface area contributed by atoms with Crippen molar-refractivity contribution < 1.29 is 9.90 Å². The number of ketones is 1. The highest BCUT2D eigenvalue weighted by Crippen LogP contribution is 2.30. The predicted molar refractivity (Wildman–Crippen MR) is 79.4 cm³/mol. The Hall–Kier alpha value is -1.97. The zero-order valence-electron chi connectivity index (χ0n) is 11.8. The van der Waals surface area contributed by atoms with Gasteiger partial charge in [0.2, 0.25) is 0 Å². The second kappa shape index (κ2) is 5.99. The molecule has 0 amide bonds. The zero-order chi connectivity index (χ0) is 14.6. The molecule has 0 aliphatic heterocycles. The van der Waals surface area contributed by atoms with E-state index in [1.807, 2.05) is 50.5 Å². The molecule has 0 aliphatic rings. The Balaban J connectivity index is 2.52. The zero-order valence-corrected chi connectivity index (χ0v) is 11.8. The van der Waals surface area contributed by atoms with E-state index in [-0.39, 0.29) is 12.3 Å². The number of carbonyl (C=O) groups excluding carboxylic acids is 1. The molecule has 0 fully saturated rings. The number of aliphatic hydroxyl groups is 1. The molecular weight excluding hydrogens is 250 g/mol. The van der Waals surface area contributed by atoms with Gasteiger partial charge in [0.05, 0.1) is 6.54 Å². The van der Waals surface area contributed by atoms with E-state index in [4.69, 9.17) is 0 Å². The van der Waals surface area contributed by atoms with Gasteiger partial charge < -0.3 is 10.0 Å². The third-order valence-corrected chi connectivity index (χ3v) is 3.25. The lowest BCUT2D eigenvalue weighted by atomic mass is 9.82. The lowest BCUT2D eigenvalue weighted by molar-refractivity contribution is -0.135. The summed E-state index contributed by atoms with van der Waals surface area (Å²) < 4.78 is 0. The standard InChI is InChI=1S/C17H19NO2/c1-18(2)13-16(19)17(20,14-9-5-3-6-10-14)15-11-7-4-8-12-15/h3-12,20H,13H2,1-2H3. The summed E-state index contributed by atoms with van der Waals surface area (Å²) in [5, 5.41) is 11.1. The molecule has 3 heteroatoms. The smallest absolute Gasteiger partial charge is 0.187 e. The van der Waals surface area contributed by atoms with Crippen LogP contribution in [-0.2, 0) is 10.4 Å². The van der Waals surface area contributed by atoms with Crippen LogP contribution in [0.3, 0.4) is 0 Å². The van der Waals surface area contributed by atoms with Crippen molar-refractivity contribution in [2.75, 3.05) is 20.6 Å². The molecule has 20 heavy (non-hydrogen) atoms. The van der Waals surface area contributed by atoms with E-state index in [2.05, 4.69) is 0 Å². The molecule has 0 radical (unpaired) electrons. The molecule has 0 saturated carbocycles. The van der Waals surface area contributed by atoms with Crippen LogP contribution >= 0.6 is 0 Å². The van der Waals surface area contributed by atoms with Gasteiger partial charge in [-0.3, -0.25) is 4.79 Å². The molecule has 0 saturated heterocycles. The van der Waals surface area contributed by atoms with Gasteiger partial charge in [-0.2, -0.15) is 0 Å². The van der Waals surface area contributed by atoms with E-state index in [1.54, 1.807) is 29.2 Å². The monoisotopic (exact) mass is 269 g/mol. The Morgan fingerprint density at radius 1 is 0.950 bits per heavy atom. The SMILES string of the molecule is CN(C)CC(=O)C(O)(c1ccccc1)c1ccccc1. The number of carbonyl (C=O) groups is 1. The van der Waals surface area contributed by atoms with Crippen LogP contribution < -0.4 is 0 Å². The van der Waals surface area contributed by atoms with Crippen LogP contribution in [0.15, 0.2) is 60.7 Å². The molecule has 3 nitrogen and oxygen atoms in total. The van der Waals surface area contributed by atoms with Gasteiger partial charge in [0.1, 0.15) is 0 Å². The first kappa shape index (κ1) is 14.4. The largest absolute Gasteiger partial charge is 0.373 e. The Bertz CT molecular complexity index is 525. The fourth-order valence-electron chi connectivity index (χ4n) is 2.25. The normalized spacial score (nSPS) is 11.6. The molecule has 2 aromatic rings. The minimum atomic E-state index is -1.60. The molecule has 0 bridgehead atoms. The predicted octanol–water partition coefficient (Wildman–Crippen LogP) is 2.05. The minimum absolute atomic E-state index is 0.181. The lowest BCUT2D eigenvalue weighted by Crippen LogP contribution is -2.42. The molecule has 0 unspecified atom stereocenters. The van der Waals surface area contributed by atoms with Crippen molar-refractivity contribution in [2.24, 2.45) is 0 Å². The maximum absolute atomic E-state index is 12.6. The topological polar surface area (TPSA) is 40.5 Å². The number of rotatable bonds is 5. The summed E-state index contributed by atoms with van der Waals surface area (Å²) in [6.07, 6.45) is 0. The highest BCUT2D eigenvalue weighted by Gasteiger charge is 2.39. The number of hydrogen-bond acceptors (Lipinski definition) is 3. The molecule has 2 rings (SSSR count). The summed E-state index contributed by atoms with van der Waals surface area (Å²) in [5.74, 6) is -0.236. The number of benzene rings is 2. The summed E-state index contributed by atoms with van der Waals surface area (Å²) in [5.41, 5.74) is -0.414. The van der Waals surface area contributed by atoms with E-state index >= 15 is 0 Å². The van der Waals surface area contributed by atoms with Gasteiger partial charge in [-0.15, -0.1) is 0 Å². The van der Waals surface area contributed by atoms with Crippen LogP contribution in [0.1, 0.15) is 11.1 Å². The summed E-state index contributed by atoms with van der Waals surface area (Å²) in [4.78, 5) is 14.3. The Kier molecular flexibility index (Phi) is 4.32. The van der Waals surface area contributed by atoms with Crippen LogP contribution in [0.4, 0.5) is 0 Å². The number of likely N-dealkylation sites (N-methyl/N-ethyl adjacent to an activating group) is 1. The summed E-state index contributed by atoms with van der Waals surface area (Å²) in [6.45, 7) is 0.181. The van der Waals surface area contributed by atoms with Crippen LogP contribution in [0.2, 0.25) is 0 Å². The lowest BCUT2D eigenvalue weighted by Gasteiger charge is -2.29. The molecule has 0 aliphatic carbocycles. The van der Waals surface area contributed by atoms with E-state index in [0.717, 1.165) is 0 Å². The highest BCUT2D eigenvalue weighted by molar-refractivity contribution is 5.93. The number of nitrogens with zero attached hydrogens (tertiary/aromatic N) is 1. The summed E-state index contributed by atoms with van der Waals surface area (Å²) in [7, 11) is 3.63. The molecule has 104 valence electrons. The second-order valence-corrected chi connectivity index (χ2v) is 5.10. The first-order valence-corrected chi connectivity index (χ1v) is 6.56. The van der Waals surface area contributed by atoms with Crippen molar-refractivity contribution in [1.29, 1.82) is 0 Å². The van der Waals surface area contributed by atoms with E-state index in [0.29, 0.717) is 11.1 Å². The van der Waals surface area contributed by atoms with Crippen LogP contribution in [0.5, 0.6) is 0 Å². The average Bonchev–Trinajstić information content (AvgIpc) is 2.47. The van der Waals surface area contributed by atoms with Crippen LogP contribution in [0, 0.1) is 0 Å². The van der Waals surface area contributed by atoms with Crippen molar-refractivity contribution in [3.05, 3.63) is 71.8 Å². The number of Topliss-reactive ketones (excluding diaryl/α,β-unsaturated/α-hetero) is 1. The van der Waals surface area contributed by atoms with Gasteiger partial charge in [-0.1, -0.05) is 60.7 Å². The van der Waals surface area contributed by atoms with Gasteiger partial charge in [0.25, 0.3) is 0 Å². The molecular formula is C17H19NO2. The average molecular weight is 269 g/mol. The Morgan fingerprint density at radius 3 is 1.70 bits per heavy atom. The third kappa shape index (κ3) is 2.79. The first-order chi connectivity index (χ1) is 9.55. The van der Waals surface area contributed by atoms with Crippen molar-refractivity contribution in [2.45, 2.75) is 5.60 Å². The van der Waals surface area contributed by atoms with Gasteiger partial charge >= 0.3 is 0 Å². The summed E-state index contributed by atoms with van der Waals surface area (Å²) in [6, 6.07) is 18.1. The fourth-order valence-corrected chi connectivity index (χ4v) is 2.25. The molecule has 1 N–H and O–H groups in total. The molecule has 2 aromatic carbocycles. The van der Waals surface area contributed by atoms with Gasteiger partial charge in [0, 0.05) is 0 Å². The molecule has 0 spiro atoms. The van der Waals surface area contributed by atoms with Gasteiger partial charge in [-0.05, 0) is 25.2 Å². The summed E-state index contributed by atoms with van der Waals surface area (Å²) >= 11 is 0. The van der Waals surface area contributed by atoms with E-state index in [1.165, 1.54) is 0 Å². The Morgan fingerprint density at radius 2 is 1.35 bits per heavy atom. The van der Waals surface area contributed by atoms with Gasteiger partial charge in [0.15, 0.2) is 11.4 Å². The van der Waals surface area contributed by atoms with Gasteiger partial charge in [-0.25, -0.2) is 0 Å². The highest BCUT2D eigenvalue weighted by atomic mass is 16.3. The van der Waals surface area contributed by atoms with Crippen LogP contribution in [-0.4, -0.2) is 36.4 Å².